The Balaban J connectivity index is 2.42. The van der Waals surface area contributed by atoms with Gasteiger partial charge in [-0.25, -0.2) is 17.7 Å². The Morgan fingerprint density at radius 2 is 2.19 bits per heavy atom. The second-order valence-electron chi connectivity index (χ2n) is 3.73. The summed E-state index contributed by atoms with van der Waals surface area (Å²) in [5.74, 6) is 0.766. The Bertz CT molecular complexity index is 445. The molecule has 0 aliphatic heterocycles. The number of hydrogen-bond acceptors (Lipinski definition) is 4. The van der Waals surface area contributed by atoms with Crippen LogP contribution in [-0.2, 0) is 10.0 Å². The summed E-state index contributed by atoms with van der Waals surface area (Å²) in [6.07, 6.45) is 2.91. The first kappa shape index (κ1) is 12.9. The van der Waals surface area contributed by atoms with E-state index in [1.807, 2.05) is 19.1 Å². The lowest BCUT2D eigenvalue weighted by molar-refractivity contribution is 0.486. The van der Waals surface area contributed by atoms with Crippen LogP contribution in [0.5, 0.6) is 0 Å². The van der Waals surface area contributed by atoms with E-state index in [9.17, 15) is 8.42 Å². The van der Waals surface area contributed by atoms with Crippen LogP contribution in [0.3, 0.4) is 0 Å². The van der Waals surface area contributed by atoms with E-state index >= 15 is 0 Å². The highest BCUT2D eigenvalue weighted by molar-refractivity contribution is 7.88. The second-order valence-corrected chi connectivity index (χ2v) is 5.82. The minimum atomic E-state index is -3.09. The zero-order valence-electron chi connectivity index (χ0n) is 9.77. The van der Waals surface area contributed by atoms with Crippen LogP contribution in [0.15, 0.2) is 18.3 Å². The zero-order chi connectivity index (χ0) is 12.2. The number of rotatable bonds is 5. The normalized spacial score (nSPS) is 11.8. The monoisotopic (exact) mass is 243 g/mol. The van der Waals surface area contributed by atoms with Crippen molar-refractivity contribution in [2.45, 2.75) is 6.92 Å². The fourth-order valence-electron chi connectivity index (χ4n) is 1.14. The fourth-order valence-corrected chi connectivity index (χ4v) is 1.56. The number of hydrogen-bond donors (Lipinski definition) is 1. The third-order valence-electron chi connectivity index (χ3n) is 2.21. The van der Waals surface area contributed by atoms with Crippen LogP contribution >= 0.6 is 0 Å². The van der Waals surface area contributed by atoms with Gasteiger partial charge in [-0.05, 0) is 24.6 Å². The summed E-state index contributed by atoms with van der Waals surface area (Å²) in [5.41, 5.74) is 1.12. The molecule has 5 nitrogen and oxygen atoms in total. The number of aromatic nitrogens is 1. The lowest BCUT2D eigenvalue weighted by atomic mass is 10.3. The van der Waals surface area contributed by atoms with Crippen LogP contribution in [0.1, 0.15) is 5.56 Å². The van der Waals surface area contributed by atoms with Crippen molar-refractivity contribution in [1.82, 2.24) is 9.29 Å². The largest absolute Gasteiger partial charge is 0.369 e. The smallest absolute Gasteiger partial charge is 0.211 e. The van der Waals surface area contributed by atoms with Crippen molar-refractivity contribution in [3.05, 3.63) is 23.9 Å². The van der Waals surface area contributed by atoms with Gasteiger partial charge in [0.05, 0.1) is 6.26 Å². The van der Waals surface area contributed by atoms with Gasteiger partial charge in [0.2, 0.25) is 10.0 Å². The fraction of sp³-hybridized carbons (Fsp3) is 0.500. The van der Waals surface area contributed by atoms with Gasteiger partial charge in [-0.15, -0.1) is 0 Å². The van der Waals surface area contributed by atoms with Gasteiger partial charge in [-0.3, -0.25) is 0 Å². The van der Waals surface area contributed by atoms with Crippen LogP contribution < -0.4 is 5.32 Å². The number of aryl methyl sites for hydroxylation is 1. The topological polar surface area (TPSA) is 62.3 Å². The van der Waals surface area contributed by atoms with Gasteiger partial charge in [0.1, 0.15) is 5.82 Å². The molecule has 0 saturated carbocycles. The quantitative estimate of drug-likeness (QED) is 0.826. The van der Waals surface area contributed by atoms with Crippen molar-refractivity contribution < 1.29 is 8.42 Å². The van der Waals surface area contributed by atoms with E-state index in [1.165, 1.54) is 10.6 Å². The lowest BCUT2D eigenvalue weighted by Gasteiger charge is -2.14. The second kappa shape index (κ2) is 5.27. The van der Waals surface area contributed by atoms with Crippen molar-refractivity contribution in [1.29, 1.82) is 0 Å². The summed E-state index contributed by atoms with van der Waals surface area (Å²) in [5, 5.41) is 3.07. The molecule has 0 unspecified atom stereocenters. The third kappa shape index (κ3) is 4.16. The number of likely N-dealkylation sites (N-methyl/N-ethyl adjacent to an activating group) is 1. The van der Waals surface area contributed by atoms with E-state index in [-0.39, 0.29) is 0 Å². The lowest BCUT2D eigenvalue weighted by Crippen LogP contribution is -2.30. The first-order chi connectivity index (χ1) is 7.39. The van der Waals surface area contributed by atoms with Gasteiger partial charge in [0.25, 0.3) is 0 Å². The van der Waals surface area contributed by atoms with Crippen molar-refractivity contribution in [2.75, 3.05) is 31.7 Å². The van der Waals surface area contributed by atoms with Crippen LogP contribution in [-0.4, -0.2) is 44.1 Å². The first-order valence-electron chi connectivity index (χ1n) is 4.97. The third-order valence-corrected chi connectivity index (χ3v) is 3.53. The summed E-state index contributed by atoms with van der Waals surface area (Å²) >= 11 is 0. The predicted octanol–water partition coefficient (Wildman–Crippen LogP) is 0.693. The number of anilines is 1. The maximum absolute atomic E-state index is 11.1. The summed E-state index contributed by atoms with van der Waals surface area (Å²) < 4.78 is 23.5. The molecule has 1 N–H and O–H groups in total. The zero-order valence-corrected chi connectivity index (χ0v) is 10.6. The molecule has 1 aromatic heterocycles. The summed E-state index contributed by atoms with van der Waals surface area (Å²) in [4.78, 5) is 4.12. The molecule has 0 saturated heterocycles. The Morgan fingerprint density at radius 1 is 1.50 bits per heavy atom. The number of nitrogens with zero attached hydrogens (tertiary/aromatic N) is 2. The Kier molecular flexibility index (Phi) is 4.26. The molecule has 1 heterocycles. The minimum Gasteiger partial charge on any atom is -0.369 e. The SMILES string of the molecule is Cc1ccnc(NCCN(C)S(C)(=O)=O)c1. The van der Waals surface area contributed by atoms with Gasteiger partial charge >= 0.3 is 0 Å². The highest BCUT2D eigenvalue weighted by atomic mass is 32.2. The van der Waals surface area contributed by atoms with E-state index in [0.717, 1.165) is 11.4 Å². The molecule has 0 fully saturated rings. The molecule has 0 aliphatic rings. The molecule has 0 spiro atoms. The molecule has 1 rings (SSSR count). The molecule has 0 aliphatic carbocycles. The van der Waals surface area contributed by atoms with Crippen LogP contribution in [0.4, 0.5) is 5.82 Å². The van der Waals surface area contributed by atoms with Crippen LogP contribution in [0.2, 0.25) is 0 Å². The van der Waals surface area contributed by atoms with E-state index in [2.05, 4.69) is 10.3 Å². The maximum atomic E-state index is 11.1. The standard InChI is InChI=1S/C10H17N3O2S/c1-9-4-5-11-10(8-9)12-6-7-13(2)16(3,14)15/h4-5,8H,6-7H2,1-3H3,(H,11,12). The van der Waals surface area contributed by atoms with Gasteiger partial charge in [-0.1, -0.05) is 0 Å². The molecule has 6 heteroatoms. The van der Waals surface area contributed by atoms with E-state index in [0.29, 0.717) is 13.1 Å². The van der Waals surface area contributed by atoms with Crippen molar-refractivity contribution in [2.24, 2.45) is 0 Å². The van der Waals surface area contributed by atoms with Gasteiger partial charge in [0, 0.05) is 26.3 Å². The Morgan fingerprint density at radius 3 is 2.75 bits per heavy atom. The minimum absolute atomic E-state index is 0.425. The summed E-state index contributed by atoms with van der Waals surface area (Å²) in [6, 6.07) is 3.83. The average Bonchev–Trinajstić information content (AvgIpc) is 2.16. The Labute approximate surface area is 96.5 Å². The Hall–Kier alpha value is -1.14. The number of sulfonamides is 1. The molecule has 0 bridgehead atoms. The van der Waals surface area contributed by atoms with Crippen molar-refractivity contribution >= 4 is 15.8 Å². The molecule has 1 aromatic rings. The molecular weight excluding hydrogens is 226 g/mol. The molecule has 90 valence electrons. The predicted molar refractivity (Wildman–Crippen MR) is 64.9 cm³/mol. The average molecular weight is 243 g/mol. The van der Waals surface area contributed by atoms with E-state index in [4.69, 9.17) is 0 Å². The molecule has 0 radical (unpaired) electrons. The highest BCUT2D eigenvalue weighted by Crippen LogP contribution is 2.04. The van der Waals surface area contributed by atoms with E-state index in [1.54, 1.807) is 13.2 Å². The number of nitrogens with one attached hydrogen (secondary N) is 1. The van der Waals surface area contributed by atoms with Crippen molar-refractivity contribution in [3.63, 3.8) is 0 Å². The molecule has 16 heavy (non-hydrogen) atoms. The number of pyridine rings is 1. The highest BCUT2D eigenvalue weighted by Gasteiger charge is 2.09. The van der Waals surface area contributed by atoms with Crippen LogP contribution in [0, 0.1) is 6.92 Å². The molecular formula is C10H17N3O2S. The van der Waals surface area contributed by atoms with Gasteiger partial charge in [-0.2, -0.15) is 0 Å². The van der Waals surface area contributed by atoms with Crippen molar-refractivity contribution in [3.8, 4) is 0 Å². The first-order valence-corrected chi connectivity index (χ1v) is 6.82. The van der Waals surface area contributed by atoms with E-state index < -0.39 is 10.0 Å². The summed E-state index contributed by atoms with van der Waals surface area (Å²) in [6.45, 7) is 2.95. The molecule has 0 amide bonds. The maximum Gasteiger partial charge on any atom is 0.211 e. The molecule has 0 aromatic carbocycles. The summed E-state index contributed by atoms with van der Waals surface area (Å²) in [7, 11) is -1.54. The van der Waals surface area contributed by atoms with Gasteiger partial charge < -0.3 is 5.32 Å². The molecule has 0 atom stereocenters. The van der Waals surface area contributed by atoms with Crippen LogP contribution in [0.25, 0.3) is 0 Å². The van der Waals surface area contributed by atoms with Gasteiger partial charge in [0.15, 0.2) is 0 Å².